The van der Waals surface area contributed by atoms with Crippen molar-refractivity contribution in [2.75, 3.05) is 0 Å². The van der Waals surface area contributed by atoms with Crippen LogP contribution < -0.4 is 15.9 Å². The Balaban J connectivity index is 0.000000273. The Labute approximate surface area is 264 Å². The van der Waals surface area contributed by atoms with Crippen molar-refractivity contribution in [2.24, 2.45) is 0 Å². The first-order chi connectivity index (χ1) is 18.5. The number of halogens is 2. The van der Waals surface area contributed by atoms with Gasteiger partial charge in [0.05, 0.1) is 16.8 Å². The summed E-state index contributed by atoms with van der Waals surface area (Å²) in [6.45, 7) is 14.7. The van der Waals surface area contributed by atoms with E-state index < -0.39 is 22.3 Å². The Kier molecular flexibility index (Phi) is 13.9. The lowest BCUT2D eigenvalue weighted by atomic mass is 10.2. The number of aromatic nitrogens is 1. The van der Waals surface area contributed by atoms with Crippen LogP contribution in [0.15, 0.2) is 102 Å². The van der Waals surface area contributed by atoms with E-state index in [1.807, 2.05) is 19.2 Å². The second kappa shape index (κ2) is 16.1. The lowest BCUT2D eigenvalue weighted by molar-refractivity contribution is 0.185. The maximum atomic E-state index is 14.4. The third-order valence-corrected chi connectivity index (χ3v) is 14.6. The number of hydrogen-bond donors (Lipinski definition) is 0. The van der Waals surface area contributed by atoms with Gasteiger partial charge in [-0.25, -0.2) is 9.37 Å². The molecule has 0 unspecified atom stereocenters. The van der Waals surface area contributed by atoms with E-state index in [1.54, 1.807) is 0 Å². The highest BCUT2D eigenvalue weighted by Crippen LogP contribution is 2.38. The van der Waals surface area contributed by atoms with Crippen LogP contribution in [0.25, 0.3) is 6.08 Å². The minimum atomic E-state index is -1.96. The zero-order valence-corrected chi connectivity index (χ0v) is 29.6. The third-order valence-electron chi connectivity index (χ3n) is 6.89. The predicted molar refractivity (Wildman–Crippen MR) is 189 cm³/mol. The molecule has 0 radical (unpaired) electrons. The number of benzene rings is 3. The summed E-state index contributed by atoms with van der Waals surface area (Å²) in [6.07, 6.45) is 1.68. The van der Waals surface area contributed by atoms with Gasteiger partial charge in [-0.05, 0) is 61.4 Å². The summed E-state index contributed by atoms with van der Waals surface area (Å²) in [4.78, 5) is 4.27. The van der Waals surface area contributed by atoms with E-state index in [2.05, 4.69) is 130 Å². The molecule has 0 saturated heterocycles. The first-order valence-electron chi connectivity index (χ1n) is 13.4. The predicted octanol–water partition coefficient (Wildman–Crippen LogP) is 9.63. The minimum Gasteiger partial charge on any atom is -0.408 e. The fourth-order valence-corrected chi connectivity index (χ4v) is 7.95. The van der Waals surface area contributed by atoms with E-state index in [9.17, 15) is 4.39 Å². The number of nitrogens with zero attached hydrogens (tertiary/aromatic N) is 1. The molecule has 0 bridgehead atoms. The lowest BCUT2D eigenvalue weighted by Crippen LogP contribution is -2.44. The van der Waals surface area contributed by atoms with Crippen molar-refractivity contribution in [1.82, 2.24) is 4.98 Å². The van der Waals surface area contributed by atoms with Gasteiger partial charge in [-0.3, -0.25) is 0 Å². The molecule has 2 nitrogen and oxygen atoms in total. The number of thiazole rings is 1. The summed E-state index contributed by atoms with van der Waals surface area (Å²) >= 11 is 1.53. The highest BCUT2D eigenvalue weighted by Gasteiger charge is 2.39. The topological polar surface area (TPSA) is 22.1 Å². The molecule has 1 atom stereocenters. The Bertz CT molecular complexity index is 1220. The van der Waals surface area contributed by atoms with Crippen molar-refractivity contribution in [3.8, 4) is 0 Å². The average molecular weight is 706 g/mol. The molecule has 0 aliphatic carbocycles. The van der Waals surface area contributed by atoms with Crippen molar-refractivity contribution in [2.45, 2.75) is 65.3 Å². The molecule has 3 aromatic carbocycles. The molecule has 0 aliphatic rings. The molecule has 0 spiro atoms. The number of hydrogen-bond acceptors (Lipinski definition) is 3. The van der Waals surface area contributed by atoms with Crippen molar-refractivity contribution in [3.05, 3.63) is 113 Å². The first kappa shape index (κ1) is 34.5. The van der Waals surface area contributed by atoms with Gasteiger partial charge in [-0.1, -0.05) is 119 Å². The van der Waals surface area contributed by atoms with E-state index >= 15 is 0 Å². The zero-order chi connectivity index (χ0) is 28.5. The van der Waals surface area contributed by atoms with E-state index in [0.717, 1.165) is 5.01 Å². The van der Waals surface area contributed by atoms with E-state index in [0.29, 0.717) is 12.1 Å². The summed E-state index contributed by atoms with van der Waals surface area (Å²) in [5, 5.41) is 7.09. The largest absolute Gasteiger partial charge is 0.408 e. The average Bonchev–Trinajstić information content (AvgIpc) is 3.33. The molecule has 40 heavy (non-hydrogen) atoms. The molecule has 0 saturated carbocycles. The van der Waals surface area contributed by atoms with Crippen LogP contribution >= 0.6 is 43.2 Å². The molecule has 0 aliphatic heterocycles. The van der Waals surface area contributed by atoms with Crippen LogP contribution in [0.4, 0.5) is 4.39 Å². The van der Waals surface area contributed by atoms with Crippen LogP contribution in [-0.4, -0.2) is 19.4 Å². The molecule has 7 heteroatoms. The summed E-state index contributed by atoms with van der Waals surface area (Å²) in [6, 6.07) is 32.3. The maximum absolute atomic E-state index is 14.4. The first-order valence-corrected chi connectivity index (χ1v) is 18.6. The van der Waals surface area contributed by atoms with E-state index in [4.69, 9.17) is 4.43 Å². The minimum absolute atomic E-state index is 0. The van der Waals surface area contributed by atoms with Gasteiger partial charge in [0.25, 0.3) is 0 Å². The van der Waals surface area contributed by atoms with Crippen molar-refractivity contribution in [1.29, 1.82) is 0 Å². The SMILES string of the molecule is CC[C@H](O[Si](C)(C)C(C)(C)C)/C(F)=C/c1csc(C)n1.I.c1ccc(P(c2ccccc2)c2ccccc2)cc1. The van der Waals surface area contributed by atoms with Crippen LogP contribution in [0.1, 0.15) is 44.8 Å². The van der Waals surface area contributed by atoms with Crippen LogP contribution in [0.5, 0.6) is 0 Å². The molecule has 4 rings (SSSR count). The Hall–Kier alpha value is -1.70. The summed E-state index contributed by atoms with van der Waals surface area (Å²) in [7, 11) is -2.41. The highest BCUT2D eigenvalue weighted by atomic mass is 127. The molecule has 0 fully saturated rings. The molecule has 0 amide bonds. The third kappa shape index (κ3) is 9.99. The van der Waals surface area contributed by atoms with Gasteiger partial charge in [-0.15, -0.1) is 35.3 Å². The Morgan fingerprint density at radius 2 is 1.32 bits per heavy atom. The second-order valence-electron chi connectivity index (χ2n) is 10.9. The fraction of sp³-hybridized carbons (Fsp3) is 0.303. The van der Waals surface area contributed by atoms with E-state index in [1.165, 1.54) is 33.3 Å². The smallest absolute Gasteiger partial charge is 0.193 e. The monoisotopic (exact) mass is 705 g/mol. The summed E-state index contributed by atoms with van der Waals surface area (Å²) < 4.78 is 20.6. The molecular weight excluding hydrogens is 663 g/mol. The standard InChI is InChI=1S/C18H15P.C15H26FNOSSi.HI/c1-4-10-16(11-5-1)19(17-12-6-2-7-13-17)18-14-8-3-9-15-18;1-8-14(18-20(6,7)15(3,4)5)13(16)9-12-10-19-11(2)17-12;/h1-15H;9-10,14H,8H2,1-7H3;1H/b;13-9-;/t;14-;/m.0./s1. The highest BCUT2D eigenvalue weighted by molar-refractivity contribution is 14.0. The number of rotatable bonds is 8. The maximum Gasteiger partial charge on any atom is 0.193 e. The normalized spacial score (nSPS) is 12.8. The lowest BCUT2D eigenvalue weighted by Gasteiger charge is -2.38. The van der Waals surface area contributed by atoms with Gasteiger partial charge in [0.2, 0.25) is 0 Å². The second-order valence-corrected chi connectivity index (χ2v) is 19.0. The molecule has 1 heterocycles. The van der Waals surface area contributed by atoms with Crippen molar-refractivity contribution < 1.29 is 8.82 Å². The van der Waals surface area contributed by atoms with Crippen LogP contribution in [0.3, 0.4) is 0 Å². The van der Waals surface area contributed by atoms with Crippen molar-refractivity contribution in [3.63, 3.8) is 0 Å². The van der Waals surface area contributed by atoms with Gasteiger partial charge >= 0.3 is 0 Å². The molecule has 0 N–H and O–H groups in total. The van der Waals surface area contributed by atoms with E-state index in [-0.39, 0.29) is 34.8 Å². The Morgan fingerprint density at radius 3 is 1.65 bits per heavy atom. The van der Waals surface area contributed by atoms with Crippen LogP contribution in [-0.2, 0) is 4.43 Å². The molecule has 1 aromatic heterocycles. The molecule has 214 valence electrons. The quantitative estimate of drug-likeness (QED) is 0.104. The zero-order valence-electron chi connectivity index (χ0n) is 24.6. The van der Waals surface area contributed by atoms with Gasteiger partial charge in [0.1, 0.15) is 5.83 Å². The number of aryl methyl sites for hydroxylation is 1. The van der Waals surface area contributed by atoms with Crippen LogP contribution in [0, 0.1) is 6.92 Å². The molecule has 4 aromatic rings. The fourth-order valence-electron chi connectivity index (χ4n) is 3.73. The Morgan fingerprint density at radius 1 is 0.900 bits per heavy atom. The van der Waals surface area contributed by atoms with Gasteiger partial charge in [-0.2, -0.15) is 0 Å². The molecular formula is C33H42FINOPSSi. The van der Waals surface area contributed by atoms with Gasteiger partial charge in [0, 0.05) is 5.38 Å². The summed E-state index contributed by atoms with van der Waals surface area (Å²) in [5.74, 6) is -0.220. The van der Waals surface area contributed by atoms with Crippen LogP contribution in [0.2, 0.25) is 18.1 Å². The van der Waals surface area contributed by atoms with Gasteiger partial charge in [0.15, 0.2) is 8.32 Å². The van der Waals surface area contributed by atoms with Gasteiger partial charge < -0.3 is 4.43 Å². The van der Waals surface area contributed by atoms with Crippen molar-refractivity contribution >= 4 is 73.5 Å². The summed E-state index contributed by atoms with van der Waals surface area (Å²) in [5.41, 5.74) is 0.683.